The summed E-state index contributed by atoms with van der Waals surface area (Å²) in [5.74, 6) is 8.32. The van der Waals surface area contributed by atoms with Crippen LogP contribution in [0.4, 0.5) is 0 Å². The van der Waals surface area contributed by atoms with Crippen molar-refractivity contribution < 1.29 is 0 Å². The molecule has 0 aliphatic heterocycles. The molecule has 1 heteroatoms. The largest absolute Gasteiger partial charge is 0.111 e. The van der Waals surface area contributed by atoms with Gasteiger partial charge in [0, 0.05) is 5.92 Å². The second kappa shape index (κ2) is 2.17. The first-order valence-corrected chi connectivity index (χ1v) is 4.74. The van der Waals surface area contributed by atoms with Gasteiger partial charge in [-0.15, -0.1) is 11.6 Å². The Hall–Kier alpha value is -0.150. The van der Waals surface area contributed by atoms with Gasteiger partial charge in [0.1, 0.15) is 4.87 Å². The molecule has 2 fully saturated rings. The molecule has 2 atom stereocenters. The first-order chi connectivity index (χ1) is 5.14. The Bertz CT molecular complexity index is 221. The second-order valence-electron chi connectivity index (χ2n) is 3.89. The smallest absolute Gasteiger partial charge is 0.104 e. The van der Waals surface area contributed by atoms with Crippen LogP contribution in [0.25, 0.3) is 0 Å². The topological polar surface area (TPSA) is 0 Å². The van der Waals surface area contributed by atoms with Crippen molar-refractivity contribution in [2.75, 3.05) is 0 Å². The van der Waals surface area contributed by atoms with Crippen molar-refractivity contribution in [3.63, 3.8) is 0 Å². The van der Waals surface area contributed by atoms with Gasteiger partial charge in [-0.25, -0.2) is 0 Å². The van der Waals surface area contributed by atoms with Crippen molar-refractivity contribution in [3.05, 3.63) is 0 Å². The minimum atomic E-state index is -0.150. The molecule has 0 heterocycles. The monoisotopic (exact) mass is 168 g/mol. The van der Waals surface area contributed by atoms with Crippen LogP contribution in [0.15, 0.2) is 0 Å². The highest BCUT2D eigenvalue weighted by Gasteiger charge is 2.57. The fraction of sp³-hybridized carbons (Fsp3) is 0.800. The van der Waals surface area contributed by atoms with Crippen LogP contribution < -0.4 is 0 Å². The number of halogens is 1. The van der Waals surface area contributed by atoms with E-state index in [0.29, 0.717) is 17.8 Å². The molecule has 0 bridgehead atoms. The van der Waals surface area contributed by atoms with E-state index in [1.807, 2.05) is 0 Å². The van der Waals surface area contributed by atoms with Gasteiger partial charge >= 0.3 is 0 Å². The van der Waals surface area contributed by atoms with Gasteiger partial charge in [0.15, 0.2) is 0 Å². The van der Waals surface area contributed by atoms with Crippen molar-refractivity contribution in [1.82, 2.24) is 0 Å². The molecule has 0 radical (unpaired) electrons. The third-order valence-corrected chi connectivity index (χ3v) is 3.79. The van der Waals surface area contributed by atoms with E-state index in [9.17, 15) is 0 Å². The van der Waals surface area contributed by atoms with Crippen LogP contribution in [0.5, 0.6) is 0 Å². The Kier molecular flexibility index (Phi) is 1.48. The lowest BCUT2D eigenvalue weighted by Crippen LogP contribution is -1.97. The lowest BCUT2D eigenvalue weighted by atomic mass is 10.3. The highest BCUT2D eigenvalue weighted by Crippen LogP contribution is 2.55. The first kappa shape index (κ1) is 7.50. The van der Waals surface area contributed by atoms with Crippen molar-refractivity contribution in [2.24, 2.45) is 17.8 Å². The van der Waals surface area contributed by atoms with E-state index in [-0.39, 0.29) is 4.87 Å². The second-order valence-corrected chi connectivity index (χ2v) is 4.51. The molecule has 0 saturated heterocycles. The van der Waals surface area contributed by atoms with Gasteiger partial charge in [-0.05, 0) is 24.7 Å². The molecule has 0 aromatic rings. The van der Waals surface area contributed by atoms with Gasteiger partial charge in [0.05, 0.1) is 0 Å². The number of hydrogen-bond donors (Lipinski definition) is 0. The average molecular weight is 169 g/mol. The zero-order valence-electron chi connectivity index (χ0n) is 7.02. The van der Waals surface area contributed by atoms with E-state index >= 15 is 0 Å². The molecule has 0 amide bonds. The quantitative estimate of drug-likeness (QED) is 0.386. The minimum Gasteiger partial charge on any atom is -0.104 e. The molecule has 0 N–H and O–H groups in total. The van der Waals surface area contributed by atoms with E-state index < -0.39 is 0 Å². The molecule has 2 unspecified atom stereocenters. The standard InChI is InChI=1S/C10H13Cl/c1-7-8(2)10(7,11)6-5-9-3-4-9/h7-9H,3-4H2,1-2H3. The summed E-state index contributed by atoms with van der Waals surface area (Å²) in [5, 5.41) is 0. The van der Waals surface area contributed by atoms with Crippen LogP contribution in [0.2, 0.25) is 0 Å². The highest BCUT2D eigenvalue weighted by molar-refractivity contribution is 6.28. The number of alkyl halides is 1. The molecule has 0 aromatic heterocycles. The molecule has 0 spiro atoms. The normalized spacial score (nSPS) is 47.9. The summed E-state index contributed by atoms with van der Waals surface area (Å²) < 4.78 is 0. The van der Waals surface area contributed by atoms with Crippen molar-refractivity contribution >= 4 is 11.6 Å². The van der Waals surface area contributed by atoms with Gasteiger partial charge in [-0.1, -0.05) is 25.7 Å². The van der Waals surface area contributed by atoms with Crippen LogP contribution in [0.3, 0.4) is 0 Å². The van der Waals surface area contributed by atoms with E-state index in [1.54, 1.807) is 0 Å². The van der Waals surface area contributed by atoms with E-state index in [0.717, 1.165) is 0 Å². The third kappa shape index (κ3) is 1.16. The molecule has 2 rings (SSSR count). The molecule has 60 valence electrons. The maximum Gasteiger partial charge on any atom is 0.111 e. The van der Waals surface area contributed by atoms with Crippen LogP contribution >= 0.6 is 11.6 Å². The molecular weight excluding hydrogens is 156 g/mol. The van der Waals surface area contributed by atoms with Gasteiger partial charge in [0.25, 0.3) is 0 Å². The number of rotatable bonds is 0. The average Bonchev–Trinajstić information content (AvgIpc) is 2.86. The lowest BCUT2D eigenvalue weighted by Gasteiger charge is -1.93. The van der Waals surface area contributed by atoms with Gasteiger partial charge in [0.2, 0.25) is 0 Å². The van der Waals surface area contributed by atoms with E-state index in [2.05, 4.69) is 25.7 Å². The summed E-state index contributed by atoms with van der Waals surface area (Å²) in [5.41, 5.74) is 0. The maximum atomic E-state index is 6.24. The predicted octanol–water partition coefficient (Wildman–Crippen LogP) is 2.66. The summed E-state index contributed by atoms with van der Waals surface area (Å²) in [6.07, 6.45) is 2.59. The summed E-state index contributed by atoms with van der Waals surface area (Å²) in [6.45, 7) is 4.36. The molecule has 2 aliphatic rings. The van der Waals surface area contributed by atoms with Gasteiger partial charge in [-0.2, -0.15) is 0 Å². The summed E-state index contributed by atoms with van der Waals surface area (Å²) in [4.78, 5) is -0.150. The molecular formula is C10H13Cl. The third-order valence-electron chi connectivity index (χ3n) is 3.01. The minimum absolute atomic E-state index is 0.150. The van der Waals surface area contributed by atoms with E-state index in [1.165, 1.54) is 12.8 Å². The Morgan fingerprint density at radius 2 is 1.82 bits per heavy atom. The molecule has 2 aliphatic carbocycles. The highest BCUT2D eigenvalue weighted by atomic mass is 35.5. The van der Waals surface area contributed by atoms with E-state index in [4.69, 9.17) is 11.6 Å². The summed E-state index contributed by atoms with van der Waals surface area (Å²) >= 11 is 6.24. The Balaban J connectivity index is 2.01. The van der Waals surface area contributed by atoms with Crippen LogP contribution in [-0.4, -0.2) is 4.87 Å². The van der Waals surface area contributed by atoms with Crippen molar-refractivity contribution in [1.29, 1.82) is 0 Å². The van der Waals surface area contributed by atoms with Gasteiger partial charge in [-0.3, -0.25) is 0 Å². The Morgan fingerprint density at radius 1 is 1.27 bits per heavy atom. The molecule has 0 nitrogen and oxygen atoms in total. The van der Waals surface area contributed by atoms with Crippen LogP contribution in [0, 0.1) is 29.6 Å². The number of hydrogen-bond acceptors (Lipinski definition) is 0. The van der Waals surface area contributed by atoms with Crippen molar-refractivity contribution in [3.8, 4) is 11.8 Å². The van der Waals surface area contributed by atoms with Crippen LogP contribution in [0.1, 0.15) is 26.7 Å². The summed E-state index contributed by atoms with van der Waals surface area (Å²) in [6, 6.07) is 0. The zero-order chi connectivity index (χ0) is 8.06. The lowest BCUT2D eigenvalue weighted by molar-refractivity contribution is 0.834. The Labute approximate surface area is 73.3 Å². The maximum absolute atomic E-state index is 6.24. The predicted molar refractivity (Wildman–Crippen MR) is 47.4 cm³/mol. The van der Waals surface area contributed by atoms with Crippen molar-refractivity contribution in [2.45, 2.75) is 31.6 Å². The fourth-order valence-corrected chi connectivity index (χ4v) is 1.76. The summed E-state index contributed by atoms with van der Waals surface area (Å²) in [7, 11) is 0. The SMILES string of the molecule is CC1C(C)C1(Cl)C#CC1CC1. The van der Waals surface area contributed by atoms with Crippen LogP contribution in [-0.2, 0) is 0 Å². The molecule has 0 aromatic carbocycles. The first-order valence-electron chi connectivity index (χ1n) is 4.36. The fourth-order valence-electron chi connectivity index (χ4n) is 1.39. The molecule has 11 heavy (non-hydrogen) atoms. The Morgan fingerprint density at radius 3 is 2.18 bits per heavy atom. The van der Waals surface area contributed by atoms with Gasteiger partial charge < -0.3 is 0 Å². The molecule has 2 saturated carbocycles. The zero-order valence-corrected chi connectivity index (χ0v) is 7.78.